The molecule has 7 heteroatoms. The van der Waals surface area contributed by atoms with Crippen LogP contribution in [0.25, 0.3) is 0 Å². The molecule has 0 spiro atoms. The van der Waals surface area contributed by atoms with Crippen LogP contribution < -0.4 is 9.47 Å². The van der Waals surface area contributed by atoms with Gasteiger partial charge in [0, 0.05) is 6.54 Å². The highest BCUT2D eigenvalue weighted by Crippen LogP contribution is 2.28. The van der Waals surface area contributed by atoms with Gasteiger partial charge in [-0.15, -0.1) is 6.58 Å². The number of methoxy groups -OCH3 is 1. The van der Waals surface area contributed by atoms with Crippen molar-refractivity contribution in [1.82, 2.24) is 4.90 Å². The lowest BCUT2D eigenvalue weighted by Crippen LogP contribution is -2.53. The molecule has 0 saturated carbocycles. The van der Waals surface area contributed by atoms with Crippen LogP contribution in [0.15, 0.2) is 30.9 Å². The van der Waals surface area contributed by atoms with Gasteiger partial charge in [0.1, 0.15) is 0 Å². The van der Waals surface area contributed by atoms with Gasteiger partial charge in [-0.1, -0.05) is 12.1 Å². The molecule has 1 aromatic carbocycles. The van der Waals surface area contributed by atoms with Gasteiger partial charge in [0.2, 0.25) is 0 Å². The van der Waals surface area contributed by atoms with E-state index in [0.717, 1.165) is 5.56 Å². The molecule has 7 nitrogen and oxygen atoms in total. The minimum absolute atomic E-state index is 0.0132. The summed E-state index contributed by atoms with van der Waals surface area (Å²) in [5.74, 6) is -0.546. The third kappa shape index (κ3) is 4.26. The number of rotatable bonds is 7. The second-order valence-corrected chi connectivity index (χ2v) is 5.28. The Hall–Kier alpha value is -2.54. The van der Waals surface area contributed by atoms with Crippen LogP contribution in [0.4, 0.5) is 0 Å². The molecule has 2 rings (SSSR count). The fourth-order valence-corrected chi connectivity index (χ4v) is 2.45. The van der Waals surface area contributed by atoms with E-state index < -0.39 is 17.9 Å². The van der Waals surface area contributed by atoms with Crippen molar-refractivity contribution in [1.29, 1.82) is 0 Å². The first-order valence-corrected chi connectivity index (χ1v) is 7.57. The first-order valence-electron chi connectivity index (χ1n) is 7.57. The number of allylic oxidation sites excluding steroid dienone is 1. The maximum absolute atomic E-state index is 12.3. The van der Waals surface area contributed by atoms with E-state index in [2.05, 4.69) is 6.58 Å². The molecule has 1 unspecified atom stereocenters. The second-order valence-electron chi connectivity index (χ2n) is 5.28. The van der Waals surface area contributed by atoms with Crippen molar-refractivity contribution < 1.29 is 28.9 Å². The Morgan fingerprint density at radius 2 is 2.25 bits per heavy atom. The van der Waals surface area contributed by atoms with Crippen LogP contribution in [0.5, 0.6) is 11.5 Å². The molecule has 1 atom stereocenters. The number of carboxylic acids is 1. The Kier molecular flexibility index (Phi) is 6.20. The summed E-state index contributed by atoms with van der Waals surface area (Å²) < 4.78 is 15.9. The SMILES string of the molecule is C=CCc1ccc(OCC(=O)N2CCOCC2C(=O)O)c(OC)c1. The topological polar surface area (TPSA) is 85.3 Å². The first kappa shape index (κ1) is 17.8. The maximum atomic E-state index is 12.3. The lowest BCUT2D eigenvalue weighted by Gasteiger charge is -2.32. The molecular weight excluding hydrogens is 314 g/mol. The molecule has 0 aromatic heterocycles. The maximum Gasteiger partial charge on any atom is 0.328 e. The van der Waals surface area contributed by atoms with Crippen molar-refractivity contribution in [3.05, 3.63) is 36.4 Å². The van der Waals surface area contributed by atoms with Crippen molar-refractivity contribution in [2.75, 3.05) is 33.5 Å². The molecule has 1 aliphatic rings. The van der Waals surface area contributed by atoms with E-state index in [1.54, 1.807) is 12.1 Å². The van der Waals surface area contributed by atoms with Crippen LogP contribution in [-0.2, 0) is 20.7 Å². The van der Waals surface area contributed by atoms with Crippen molar-refractivity contribution in [2.45, 2.75) is 12.5 Å². The highest BCUT2D eigenvalue weighted by Gasteiger charge is 2.32. The summed E-state index contributed by atoms with van der Waals surface area (Å²) in [4.78, 5) is 24.8. The standard InChI is InChI=1S/C17H21NO6/c1-3-4-12-5-6-14(15(9-12)22-2)24-11-16(19)18-7-8-23-10-13(18)17(20)21/h3,5-6,9,13H,1,4,7-8,10-11H2,2H3,(H,20,21). The van der Waals surface area contributed by atoms with E-state index in [0.29, 0.717) is 24.5 Å². The van der Waals surface area contributed by atoms with E-state index >= 15 is 0 Å². The highest BCUT2D eigenvalue weighted by atomic mass is 16.5. The Morgan fingerprint density at radius 3 is 2.92 bits per heavy atom. The highest BCUT2D eigenvalue weighted by molar-refractivity contribution is 5.84. The number of amides is 1. The number of hydrogen-bond donors (Lipinski definition) is 1. The number of aliphatic carboxylic acids is 1. The van der Waals surface area contributed by atoms with E-state index in [9.17, 15) is 9.59 Å². The van der Waals surface area contributed by atoms with Gasteiger partial charge in [0.25, 0.3) is 5.91 Å². The van der Waals surface area contributed by atoms with Gasteiger partial charge in [-0.05, 0) is 24.1 Å². The number of hydrogen-bond acceptors (Lipinski definition) is 5. The molecule has 1 fully saturated rings. The van der Waals surface area contributed by atoms with Crippen LogP contribution in [0.3, 0.4) is 0 Å². The second kappa shape index (κ2) is 8.35. The van der Waals surface area contributed by atoms with Gasteiger partial charge in [-0.2, -0.15) is 0 Å². The Bertz CT molecular complexity index is 615. The zero-order valence-electron chi connectivity index (χ0n) is 13.6. The summed E-state index contributed by atoms with van der Waals surface area (Å²) in [5, 5.41) is 9.16. The van der Waals surface area contributed by atoms with Gasteiger partial charge >= 0.3 is 5.97 Å². The number of carbonyl (C=O) groups excluding carboxylic acids is 1. The predicted molar refractivity (Wildman–Crippen MR) is 86.3 cm³/mol. The number of morpholine rings is 1. The molecule has 1 saturated heterocycles. The normalized spacial score (nSPS) is 17.2. The van der Waals surface area contributed by atoms with Crippen LogP contribution >= 0.6 is 0 Å². The Morgan fingerprint density at radius 1 is 1.46 bits per heavy atom. The molecule has 1 aromatic rings. The van der Waals surface area contributed by atoms with Gasteiger partial charge in [0.15, 0.2) is 24.1 Å². The van der Waals surface area contributed by atoms with E-state index in [4.69, 9.17) is 19.3 Å². The van der Waals surface area contributed by atoms with Crippen molar-refractivity contribution >= 4 is 11.9 Å². The van der Waals surface area contributed by atoms with Crippen LogP contribution in [0.2, 0.25) is 0 Å². The molecule has 0 radical (unpaired) electrons. The predicted octanol–water partition coefficient (Wildman–Crippen LogP) is 1.11. The van der Waals surface area contributed by atoms with E-state index in [-0.39, 0.29) is 19.8 Å². The van der Waals surface area contributed by atoms with E-state index in [1.807, 2.05) is 12.1 Å². The summed E-state index contributed by atoms with van der Waals surface area (Å²) in [6, 6.07) is 4.42. The minimum atomic E-state index is -1.09. The average molecular weight is 335 g/mol. The number of nitrogens with zero attached hydrogens (tertiary/aromatic N) is 1. The largest absolute Gasteiger partial charge is 0.493 e. The molecule has 1 aliphatic heterocycles. The fraction of sp³-hybridized carbons (Fsp3) is 0.412. The summed E-state index contributed by atoms with van der Waals surface area (Å²) in [6.45, 7) is 3.96. The number of benzene rings is 1. The van der Waals surface area contributed by atoms with Crippen molar-refractivity contribution in [3.63, 3.8) is 0 Å². The zero-order valence-corrected chi connectivity index (χ0v) is 13.6. The average Bonchev–Trinajstić information content (AvgIpc) is 2.60. The number of carboxylic acid groups (broad SMARTS) is 1. The monoisotopic (exact) mass is 335 g/mol. The summed E-state index contributed by atoms with van der Waals surface area (Å²) in [7, 11) is 1.52. The third-order valence-corrected chi connectivity index (χ3v) is 3.69. The Labute approximate surface area is 140 Å². The third-order valence-electron chi connectivity index (χ3n) is 3.69. The molecular formula is C17H21NO6. The lowest BCUT2D eigenvalue weighted by atomic mass is 10.1. The van der Waals surface area contributed by atoms with Crippen molar-refractivity contribution in [3.8, 4) is 11.5 Å². The minimum Gasteiger partial charge on any atom is -0.493 e. The summed E-state index contributed by atoms with van der Waals surface area (Å²) >= 11 is 0. The van der Waals surface area contributed by atoms with Gasteiger partial charge in [-0.3, -0.25) is 4.79 Å². The molecule has 130 valence electrons. The van der Waals surface area contributed by atoms with Crippen molar-refractivity contribution in [2.24, 2.45) is 0 Å². The quantitative estimate of drug-likeness (QED) is 0.752. The number of carbonyl (C=O) groups is 2. The molecule has 0 aliphatic carbocycles. The lowest BCUT2D eigenvalue weighted by molar-refractivity contribution is -0.159. The van der Waals surface area contributed by atoms with Crippen LogP contribution in [0, 0.1) is 0 Å². The van der Waals surface area contributed by atoms with Gasteiger partial charge < -0.3 is 24.2 Å². The molecule has 1 N–H and O–H groups in total. The summed E-state index contributed by atoms with van der Waals surface area (Å²) in [6.07, 6.45) is 2.48. The van der Waals surface area contributed by atoms with Crippen LogP contribution in [0.1, 0.15) is 5.56 Å². The fourth-order valence-electron chi connectivity index (χ4n) is 2.45. The zero-order chi connectivity index (χ0) is 17.5. The molecule has 1 heterocycles. The summed E-state index contributed by atoms with van der Waals surface area (Å²) in [5.41, 5.74) is 1.01. The number of ether oxygens (including phenoxy) is 3. The van der Waals surface area contributed by atoms with Crippen LogP contribution in [-0.4, -0.2) is 61.4 Å². The molecule has 0 bridgehead atoms. The Balaban J connectivity index is 2.02. The van der Waals surface area contributed by atoms with Gasteiger partial charge in [-0.25, -0.2) is 4.79 Å². The molecule has 24 heavy (non-hydrogen) atoms. The van der Waals surface area contributed by atoms with Gasteiger partial charge in [0.05, 0.1) is 20.3 Å². The smallest absolute Gasteiger partial charge is 0.328 e. The molecule has 1 amide bonds. The first-order chi connectivity index (χ1) is 11.6. The van der Waals surface area contributed by atoms with E-state index in [1.165, 1.54) is 12.0 Å².